The Morgan fingerprint density at radius 1 is 1.15 bits per heavy atom. The van der Waals surface area contributed by atoms with Gasteiger partial charge in [-0.2, -0.15) is 11.3 Å². The van der Waals surface area contributed by atoms with Gasteiger partial charge in [-0.25, -0.2) is 0 Å². The molecule has 0 spiro atoms. The summed E-state index contributed by atoms with van der Waals surface area (Å²) < 4.78 is 0. The van der Waals surface area contributed by atoms with Gasteiger partial charge in [0.25, 0.3) is 5.91 Å². The van der Waals surface area contributed by atoms with E-state index >= 15 is 0 Å². The number of aryl methyl sites for hydroxylation is 1. The number of benzene rings is 2. The van der Waals surface area contributed by atoms with Crippen molar-refractivity contribution in [1.29, 1.82) is 0 Å². The second-order valence-corrected chi connectivity index (χ2v) is 7.74. The molecule has 27 heavy (non-hydrogen) atoms. The Morgan fingerprint density at radius 3 is 2.52 bits per heavy atom. The van der Waals surface area contributed by atoms with Gasteiger partial charge in [0, 0.05) is 16.4 Å². The summed E-state index contributed by atoms with van der Waals surface area (Å²) in [6.45, 7) is 1.94. The minimum absolute atomic E-state index is 0.0940. The molecule has 4 nitrogen and oxygen atoms in total. The van der Waals surface area contributed by atoms with E-state index < -0.39 is 5.54 Å². The number of β-lactam (4-membered cyclic amide) rings is 1. The Labute approximate surface area is 166 Å². The van der Waals surface area contributed by atoms with E-state index in [1.54, 1.807) is 29.2 Å². The van der Waals surface area contributed by atoms with Gasteiger partial charge in [-0.05, 0) is 65.2 Å². The molecule has 1 fully saturated rings. The zero-order valence-electron chi connectivity index (χ0n) is 14.6. The third-order valence-corrected chi connectivity index (χ3v) is 5.83. The number of amides is 2. The SMILES string of the molecule is Cc1ccccc1NC(=O)[C@]1(c2ccsc2)CC(=O)N1c1ccc(Cl)cc1. The molecule has 1 aliphatic heterocycles. The van der Waals surface area contributed by atoms with Crippen molar-refractivity contribution < 1.29 is 9.59 Å². The summed E-state index contributed by atoms with van der Waals surface area (Å²) in [7, 11) is 0. The number of anilines is 2. The van der Waals surface area contributed by atoms with Crippen LogP contribution in [-0.4, -0.2) is 11.8 Å². The highest BCUT2D eigenvalue weighted by molar-refractivity contribution is 7.08. The number of hydrogen-bond donors (Lipinski definition) is 1. The van der Waals surface area contributed by atoms with E-state index in [-0.39, 0.29) is 18.2 Å². The van der Waals surface area contributed by atoms with Crippen LogP contribution in [0.4, 0.5) is 11.4 Å². The standard InChI is InChI=1S/C21H17ClN2O2S/c1-14-4-2-3-5-18(14)23-20(26)21(15-10-11-27-13-15)12-19(25)24(21)17-8-6-16(22)7-9-17/h2-11,13H,12H2,1H3,(H,23,26)/t21-/m1/s1. The minimum Gasteiger partial charge on any atom is -0.323 e. The summed E-state index contributed by atoms with van der Waals surface area (Å²) in [5.41, 5.74) is 2.12. The summed E-state index contributed by atoms with van der Waals surface area (Å²) in [6, 6.07) is 16.5. The molecule has 136 valence electrons. The monoisotopic (exact) mass is 396 g/mol. The molecule has 0 unspecified atom stereocenters. The van der Waals surface area contributed by atoms with Gasteiger partial charge in [-0.3, -0.25) is 14.5 Å². The molecule has 6 heteroatoms. The van der Waals surface area contributed by atoms with E-state index in [0.717, 1.165) is 16.8 Å². The predicted octanol–water partition coefficient (Wildman–Crippen LogP) is 4.98. The van der Waals surface area contributed by atoms with Gasteiger partial charge in [0.05, 0.1) is 6.42 Å². The molecule has 1 N–H and O–H groups in total. The van der Waals surface area contributed by atoms with Crippen LogP contribution < -0.4 is 10.2 Å². The van der Waals surface area contributed by atoms with Crippen molar-refractivity contribution >= 4 is 46.1 Å². The number of carbonyl (C=O) groups excluding carboxylic acids is 2. The van der Waals surface area contributed by atoms with Gasteiger partial charge < -0.3 is 5.32 Å². The van der Waals surface area contributed by atoms with Crippen LogP contribution in [0.3, 0.4) is 0 Å². The third kappa shape index (κ3) is 2.93. The Balaban J connectivity index is 1.77. The first kappa shape index (κ1) is 17.8. The number of para-hydroxylation sites is 1. The number of halogens is 1. The molecular weight excluding hydrogens is 380 g/mol. The lowest BCUT2D eigenvalue weighted by atomic mass is 9.77. The van der Waals surface area contributed by atoms with Crippen LogP contribution in [0.5, 0.6) is 0 Å². The molecule has 1 aromatic heterocycles. The number of rotatable bonds is 4. The van der Waals surface area contributed by atoms with E-state index in [9.17, 15) is 9.59 Å². The van der Waals surface area contributed by atoms with Crippen LogP contribution >= 0.6 is 22.9 Å². The largest absolute Gasteiger partial charge is 0.323 e. The normalized spacial score (nSPS) is 18.9. The quantitative estimate of drug-likeness (QED) is 0.632. The highest BCUT2D eigenvalue weighted by Crippen LogP contribution is 2.46. The summed E-state index contributed by atoms with van der Waals surface area (Å²) in [5.74, 6) is -0.312. The number of thiophene rings is 1. The summed E-state index contributed by atoms with van der Waals surface area (Å²) in [6.07, 6.45) is 0.129. The lowest BCUT2D eigenvalue weighted by Gasteiger charge is -2.50. The maximum Gasteiger partial charge on any atom is 0.255 e. The van der Waals surface area contributed by atoms with E-state index in [1.807, 2.05) is 48.0 Å². The van der Waals surface area contributed by atoms with Crippen LogP contribution in [0, 0.1) is 6.92 Å². The molecule has 2 heterocycles. The molecule has 1 saturated heterocycles. The van der Waals surface area contributed by atoms with Crippen molar-refractivity contribution in [3.63, 3.8) is 0 Å². The van der Waals surface area contributed by atoms with Gasteiger partial charge in [-0.1, -0.05) is 29.8 Å². The molecule has 0 aliphatic carbocycles. The number of carbonyl (C=O) groups is 2. The fourth-order valence-corrected chi connectivity index (χ4v) is 4.29. The first-order valence-electron chi connectivity index (χ1n) is 8.51. The molecule has 3 aromatic rings. The average Bonchev–Trinajstić information content (AvgIpc) is 3.17. The fraction of sp³-hybridized carbons (Fsp3) is 0.143. The lowest BCUT2D eigenvalue weighted by Crippen LogP contribution is -2.67. The van der Waals surface area contributed by atoms with Crippen LogP contribution in [-0.2, 0) is 15.1 Å². The Bertz CT molecular complexity index is 1000. The lowest BCUT2D eigenvalue weighted by molar-refractivity contribution is -0.137. The highest BCUT2D eigenvalue weighted by Gasteiger charge is 2.58. The van der Waals surface area contributed by atoms with Crippen molar-refractivity contribution in [1.82, 2.24) is 0 Å². The summed E-state index contributed by atoms with van der Waals surface area (Å²) in [4.78, 5) is 27.6. The van der Waals surface area contributed by atoms with Gasteiger partial charge in [0.1, 0.15) is 0 Å². The topological polar surface area (TPSA) is 49.4 Å². The van der Waals surface area contributed by atoms with Gasteiger partial charge in [-0.15, -0.1) is 0 Å². The number of nitrogens with zero attached hydrogens (tertiary/aromatic N) is 1. The Hall–Kier alpha value is -2.63. The van der Waals surface area contributed by atoms with E-state index in [1.165, 1.54) is 11.3 Å². The van der Waals surface area contributed by atoms with Gasteiger partial charge in [0.15, 0.2) is 5.54 Å². The molecule has 1 atom stereocenters. The van der Waals surface area contributed by atoms with E-state index in [2.05, 4.69) is 5.32 Å². The smallest absolute Gasteiger partial charge is 0.255 e. The van der Waals surface area contributed by atoms with Crippen LogP contribution in [0.25, 0.3) is 0 Å². The second kappa shape index (κ2) is 6.83. The van der Waals surface area contributed by atoms with Crippen molar-refractivity contribution in [2.24, 2.45) is 0 Å². The Kier molecular flexibility index (Phi) is 4.50. The first-order chi connectivity index (χ1) is 13.0. The molecule has 2 aromatic carbocycles. The molecule has 4 rings (SSSR count). The van der Waals surface area contributed by atoms with Crippen molar-refractivity contribution in [2.75, 3.05) is 10.2 Å². The van der Waals surface area contributed by atoms with Gasteiger partial charge in [0.2, 0.25) is 5.91 Å². The maximum absolute atomic E-state index is 13.4. The average molecular weight is 397 g/mol. The van der Waals surface area contributed by atoms with E-state index in [0.29, 0.717) is 10.7 Å². The fourth-order valence-electron chi connectivity index (χ4n) is 3.44. The number of hydrogen-bond acceptors (Lipinski definition) is 3. The van der Waals surface area contributed by atoms with Crippen LogP contribution in [0.15, 0.2) is 65.4 Å². The predicted molar refractivity (Wildman–Crippen MR) is 109 cm³/mol. The maximum atomic E-state index is 13.4. The molecular formula is C21H17ClN2O2S. The zero-order chi connectivity index (χ0) is 19.0. The minimum atomic E-state index is -1.06. The third-order valence-electron chi connectivity index (χ3n) is 4.89. The molecule has 0 radical (unpaired) electrons. The summed E-state index contributed by atoms with van der Waals surface area (Å²) >= 11 is 7.50. The first-order valence-corrected chi connectivity index (χ1v) is 9.83. The summed E-state index contributed by atoms with van der Waals surface area (Å²) in [5, 5.41) is 7.44. The molecule has 2 amide bonds. The molecule has 0 bridgehead atoms. The highest BCUT2D eigenvalue weighted by atomic mass is 35.5. The Morgan fingerprint density at radius 2 is 1.89 bits per heavy atom. The second-order valence-electron chi connectivity index (χ2n) is 6.52. The van der Waals surface area contributed by atoms with Crippen molar-refractivity contribution in [3.05, 3.63) is 81.5 Å². The van der Waals surface area contributed by atoms with Crippen molar-refractivity contribution in [3.8, 4) is 0 Å². The molecule has 1 aliphatic rings. The van der Waals surface area contributed by atoms with E-state index in [4.69, 9.17) is 11.6 Å². The number of nitrogens with one attached hydrogen (secondary N) is 1. The molecule has 0 saturated carbocycles. The van der Waals surface area contributed by atoms with Crippen molar-refractivity contribution in [2.45, 2.75) is 18.9 Å². The van der Waals surface area contributed by atoms with Crippen LogP contribution in [0.1, 0.15) is 17.5 Å². The zero-order valence-corrected chi connectivity index (χ0v) is 16.2. The van der Waals surface area contributed by atoms with Gasteiger partial charge >= 0.3 is 0 Å². The van der Waals surface area contributed by atoms with Crippen LogP contribution in [0.2, 0.25) is 5.02 Å².